The zero-order chi connectivity index (χ0) is 21.9. The van der Waals surface area contributed by atoms with Crippen LogP contribution < -0.4 is 10.9 Å². The largest absolute Gasteiger partial charge is 0.322 e. The number of carbonyl (C=O) groups is 1. The summed E-state index contributed by atoms with van der Waals surface area (Å²) in [6.07, 6.45) is 0.731. The van der Waals surface area contributed by atoms with E-state index in [1.807, 2.05) is 13.0 Å². The Balaban J connectivity index is 1.83. The van der Waals surface area contributed by atoms with E-state index in [1.165, 1.54) is 28.6 Å². The molecule has 0 spiro atoms. The number of H-pyrrole nitrogens is 1. The molecule has 30 heavy (non-hydrogen) atoms. The van der Waals surface area contributed by atoms with E-state index in [2.05, 4.69) is 10.3 Å². The maximum atomic E-state index is 12.6. The van der Waals surface area contributed by atoms with Crippen molar-refractivity contribution in [2.24, 2.45) is 0 Å². The number of fused-ring (bicyclic) bond motifs is 1. The van der Waals surface area contributed by atoms with Gasteiger partial charge in [0.05, 0.1) is 10.4 Å². The predicted octanol–water partition coefficient (Wildman–Crippen LogP) is 3.37. The molecule has 3 aromatic rings. The number of hydrogen-bond donors (Lipinski definition) is 2. The van der Waals surface area contributed by atoms with Crippen LogP contribution in [0.1, 0.15) is 36.7 Å². The Morgan fingerprint density at radius 3 is 2.27 bits per heavy atom. The number of benzene rings is 2. The zero-order valence-electron chi connectivity index (χ0n) is 17.2. The molecule has 0 radical (unpaired) electrons. The monoisotopic (exact) mass is 427 g/mol. The minimum Gasteiger partial charge on any atom is -0.322 e. The second kappa shape index (κ2) is 8.81. The van der Waals surface area contributed by atoms with E-state index >= 15 is 0 Å². The highest BCUT2D eigenvalue weighted by molar-refractivity contribution is 7.89. The standard InChI is InChI=1S/C22H25N3O4S/c1-4-15-13-21(26)24-20-14-17(9-12-19(15)20)23-22(27)16-7-10-18(11-8-16)30(28,29)25(5-2)6-3/h7-14H,4-6H2,1-3H3,(H,23,27)(H,24,26). The van der Waals surface area contributed by atoms with Crippen molar-refractivity contribution in [3.05, 3.63) is 70.0 Å². The van der Waals surface area contributed by atoms with E-state index in [1.54, 1.807) is 32.0 Å². The third-order valence-electron chi connectivity index (χ3n) is 5.03. The topological polar surface area (TPSA) is 99.3 Å². The third kappa shape index (κ3) is 4.29. The van der Waals surface area contributed by atoms with Crippen molar-refractivity contribution < 1.29 is 13.2 Å². The molecular weight excluding hydrogens is 402 g/mol. The average molecular weight is 428 g/mol. The molecule has 1 aromatic heterocycles. The SMILES string of the molecule is CCc1cc(=O)[nH]c2cc(NC(=O)c3ccc(S(=O)(=O)N(CC)CC)cc3)ccc12. The fourth-order valence-corrected chi connectivity index (χ4v) is 4.85. The zero-order valence-corrected chi connectivity index (χ0v) is 18.0. The van der Waals surface area contributed by atoms with Gasteiger partial charge in [0.1, 0.15) is 0 Å². The number of rotatable bonds is 7. The molecule has 0 saturated carbocycles. The van der Waals surface area contributed by atoms with Gasteiger partial charge in [-0.25, -0.2) is 8.42 Å². The molecule has 0 unspecified atom stereocenters. The van der Waals surface area contributed by atoms with Crippen LogP contribution in [-0.4, -0.2) is 36.7 Å². The molecule has 2 aromatic carbocycles. The normalized spacial score (nSPS) is 11.7. The first kappa shape index (κ1) is 21.7. The van der Waals surface area contributed by atoms with Crippen molar-refractivity contribution >= 4 is 32.5 Å². The van der Waals surface area contributed by atoms with Crippen molar-refractivity contribution in [1.82, 2.24) is 9.29 Å². The molecule has 1 heterocycles. The Bertz CT molecular complexity index is 1230. The highest BCUT2D eigenvalue weighted by atomic mass is 32.2. The van der Waals surface area contributed by atoms with Crippen molar-refractivity contribution in [2.45, 2.75) is 32.1 Å². The van der Waals surface area contributed by atoms with Gasteiger partial charge in [0, 0.05) is 35.8 Å². The van der Waals surface area contributed by atoms with E-state index in [-0.39, 0.29) is 16.4 Å². The van der Waals surface area contributed by atoms with Gasteiger partial charge in [-0.05, 0) is 48.4 Å². The minimum atomic E-state index is -3.57. The Kier molecular flexibility index (Phi) is 6.38. The second-order valence-corrected chi connectivity index (χ2v) is 8.78. The average Bonchev–Trinajstić information content (AvgIpc) is 2.73. The summed E-state index contributed by atoms with van der Waals surface area (Å²) in [6.45, 7) is 6.30. The first-order valence-electron chi connectivity index (χ1n) is 9.87. The van der Waals surface area contributed by atoms with Gasteiger partial charge in [0.25, 0.3) is 5.91 Å². The van der Waals surface area contributed by atoms with Crippen LogP contribution in [0.4, 0.5) is 5.69 Å². The Hall–Kier alpha value is -2.97. The molecule has 0 saturated heterocycles. The minimum absolute atomic E-state index is 0.151. The first-order chi connectivity index (χ1) is 14.3. The maximum Gasteiger partial charge on any atom is 0.255 e. The van der Waals surface area contributed by atoms with Gasteiger partial charge in [-0.3, -0.25) is 9.59 Å². The summed E-state index contributed by atoms with van der Waals surface area (Å²) in [5.74, 6) is -0.366. The van der Waals surface area contributed by atoms with E-state index < -0.39 is 10.0 Å². The molecule has 0 bridgehead atoms. The molecule has 0 aliphatic rings. The number of aromatic nitrogens is 1. The third-order valence-corrected chi connectivity index (χ3v) is 7.09. The number of carbonyl (C=O) groups excluding carboxylic acids is 1. The van der Waals surface area contributed by atoms with Crippen LogP contribution >= 0.6 is 0 Å². The number of aryl methyl sites for hydroxylation is 1. The number of nitrogens with zero attached hydrogens (tertiary/aromatic N) is 1. The number of anilines is 1. The number of sulfonamides is 1. The van der Waals surface area contributed by atoms with Crippen LogP contribution in [0.5, 0.6) is 0 Å². The molecule has 3 rings (SSSR count). The number of amides is 1. The highest BCUT2D eigenvalue weighted by Crippen LogP contribution is 2.21. The second-order valence-electron chi connectivity index (χ2n) is 6.84. The van der Waals surface area contributed by atoms with E-state index in [0.717, 1.165) is 17.4 Å². The molecule has 2 N–H and O–H groups in total. The van der Waals surface area contributed by atoms with Crippen molar-refractivity contribution in [2.75, 3.05) is 18.4 Å². The summed E-state index contributed by atoms with van der Waals surface area (Å²) in [5, 5.41) is 3.72. The Morgan fingerprint density at radius 2 is 1.67 bits per heavy atom. The van der Waals surface area contributed by atoms with Crippen LogP contribution in [-0.2, 0) is 16.4 Å². The van der Waals surface area contributed by atoms with Crippen LogP contribution in [0.15, 0.2) is 58.2 Å². The molecule has 1 amide bonds. The van der Waals surface area contributed by atoms with Crippen LogP contribution in [0, 0.1) is 0 Å². The summed E-state index contributed by atoms with van der Waals surface area (Å²) in [7, 11) is -3.57. The van der Waals surface area contributed by atoms with E-state index in [0.29, 0.717) is 29.9 Å². The maximum absolute atomic E-state index is 12.6. The highest BCUT2D eigenvalue weighted by Gasteiger charge is 2.21. The summed E-state index contributed by atoms with van der Waals surface area (Å²) in [4.78, 5) is 27.4. The fourth-order valence-electron chi connectivity index (χ4n) is 3.40. The van der Waals surface area contributed by atoms with Gasteiger partial charge < -0.3 is 10.3 Å². The Morgan fingerprint density at radius 1 is 1.00 bits per heavy atom. The number of pyridine rings is 1. The number of aromatic amines is 1. The molecule has 0 aliphatic carbocycles. The van der Waals surface area contributed by atoms with Crippen LogP contribution in [0.3, 0.4) is 0 Å². The molecule has 0 aliphatic heterocycles. The predicted molar refractivity (Wildman–Crippen MR) is 118 cm³/mol. The van der Waals surface area contributed by atoms with Crippen molar-refractivity contribution in [1.29, 1.82) is 0 Å². The quantitative estimate of drug-likeness (QED) is 0.604. The lowest BCUT2D eigenvalue weighted by atomic mass is 10.1. The molecule has 158 valence electrons. The Labute approximate surface area is 175 Å². The smallest absolute Gasteiger partial charge is 0.255 e. The van der Waals surface area contributed by atoms with Gasteiger partial charge in [0.2, 0.25) is 15.6 Å². The van der Waals surface area contributed by atoms with Gasteiger partial charge in [-0.2, -0.15) is 4.31 Å². The summed E-state index contributed by atoms with van der Waals surface area (Å²) < 4.78 is 26.5. The fraction of sp³-hybridized carbons (Fsp3) is 0.273. The molecule has 0 fully saturated rings. The van der Waals surface area contributed by atoms with Gasteiger partial charge in [-0.1, -0.05) is 26.8 Å². The first-order valence-corrected chi connectivity index (χ1v) is 11.3. The number of hydrogen-bond acceptors (Lipinski definition) is 4. The summed E-state index contributed by atoms with van der Waals surface area (Å²) in [6, 6.07) is 12.8. The van der Waals surface area contributed by atoms with Crippen molar-refractivity contribution in [3.63, 3.8) is 0 Å². The lowest BCUT2D eigenvalue weighted by molar-refractivity contribution is 0.102. The lowest BCUT2D eigenvalue weighted by Crippen LogP contribution is -2.30. The summed E-state index contributed by atoms with van der Waals surface area (Å²) >= 11 is 0. The summed E-state index contributed by atoms with van der Waals surface area (Å²) in [5.41, 5.74) is 2.28. The number of nitrogens with one attached hydrogen (secondary N) is 2. The lowest BCUT2D eigenvalue weighted by Gasteiger charge is -2.18. The molecule has 0 atom stereocenters. The molecule has 8 heteroatoms. The van der Waals surface area contributed by atoms with Gasteiger partial charge in [0.15, 0.2) is 0 Å². The van der Waals surface area contributed by atoms with E-state index in [9.17, 15) is 18.0 Å². The molecular formula is C22H25N3O4S. The van der Waals surface area contributed by atoms with Crippen molar-refractivity contribution in [3.8, 4) is 0 Å². The van der Waals surface area contributed by atoms with E-state index in [4.69, 9.17) is 0 Å². The van der Waals surface area contributed by atoms with Crippen LogP contribution in [0.2, 0.25) is 0 Å². The van der Waals surface area contributed by atoms with Crippen LogP contribution in [0.25, 0.3) is 10.9 Å². The van der Waals surface area contributed by atoms with Gasteiger partial charge in [-0.15, -0.1) is 0 Å². The van der Waals surface area contributed by atoms with Gasteiger partial charge >= 0.3 is 0 Å². The molecule has 7 nitrogen and oxygen atoms in total.